The van der Waals surface area contributed by atoms with Gasteiger partial charge in [0.25, 0.3) is 0 Å². The summed E-state index contributed by atoms with van der Waals surface area (Å²) in [5.41, 5.74) is 3.40. The topological polar surface area (TPSA) is 30.5 Å². The normalized spacial score (nSPS) is 11.9. The van der Waals surface area contributed by atoms with Crippen LogP contribution in [0.3, 0.4) is 0 Å². The van der Waals surface area contributed by atoms with Gasteiger partial charge >= 0.3 is 0 Å². The van der Waals surface area contributed by atoms with E-state index in [4.69, 9.17) is 32.7 Å². The molecular formula is C26H29Cl2NO2. The Morgan fingerprint density at radius 3 is 2.39 bits per heavy atom. The molecular weight excluding hydrogens is 429 g/mol. The van der Waals surface area contributed by atoms with Gasteiger partial charge in [0.05, 0.1) is 11.6 Å². The lowest BCUT2D eigenvalue weighted by atomic mass is 10.1. The average Bonchev–Trinajstić information content (AvgIpc) is 2.76. The molecule has 0 unspecified atom stereocenters. The van der Waals surface area contributed by atoms with Crippen molar-refractivity contribution in [1.82, 2.24) is 5.32 Å². The molecule has 0 fully saturated rings. The first-order valence-corrected chi connectivity index (χ1v) is 11.4. The SMILES string of the molecule is CCOc1cc(CN[C@H](C)CCc2ccccc2)cc(Cl)c1OCc1cccc(Cl)c1. The molecule has 0 heterocycles. The Bertz CT molecular complexity index is 963. The van der Waals surface area contributed by atoms with E-state index in [1.807, 2.05) is 49.4 Å². The maximum atomic E-state index is 6.57. The largest absolute Gasteiger partial charge is 0.490 e. The van der Waals surface area contributed by atoms with Crippen LogP contribution in [0.25, 0.3) is 0 Å². The summed E-state index contributed by atoms with van der Waals surface area (Å²) in [4.78, 5) is 0. The van der Waals surface area contributed by atoms with Crippen molar-refractivity contribution in [3.8, 4) is 11.5 Å². The summed E-state index contributed by atoms with van der Waals surface area (Å²) in [6.07, 6.45) is 2.12. The van der Waals surface area contributed by atoms with Gasteiger partial charge in [0, 0.05) is 17.6 Å². The Morgan fingerprint density at radius 1 is 0.871 bits per heavy atom. The van der Waals surface area contributed by atoms with Gasteiger partial charge in [-0.05, 0) is 67.6 Å². The molecule has 0 saturated carbocycles. The lowest BCUT2D eigenvalue weighted by Crippen LogP contribution is -2.26. The number of hydrogen-bond acceptors (Lipinski definition) is 3. The van der Waals surface area contributed by atoms with Gasteiger partial charge in [-0.3, -0.25) is 0 Å². The maximum Gasteiger partial charge on any atom is 0.180 e. The zero-order valence-electron chi connectivity index (χ0n) is 18.0. The highest BCUT2D eigenvalue weighted by molar-refractivity contribution is 6.32. The molecule has 0 spiro atoms. The van der Waals surface area contributed by atoms with E-state index in [1.165, 1.54) is 5.56 Å². The Morgan fingerprint density at radius 2 is 1.65 bits per heavy atom. The molecule has 1 atom stereocenters. The van der Waals surface area contributed by atoms with Crippen molar-refractivity contribution in [2.75, 3.05) is 6.61 Å². The number of ether oxygens (including phenoxy) is 2. The highest BCUT2D eigenvalue weighted by atomic mass is 35.5. The number of halogens is 2. The average molecular weight is 458 g/mol. The predicted octanol–water partition coefficient (Wildman–Crippen LogP) is 7.08. The number of aryl methyl sites for hydroxylation is 1. The minimum Gasteiger partial charge on any atom is -0.490 e. The third-order valence-electron chi connectivity index (χ3n) is 5.00. The lowest BCUT2D eigenvalue weighted by molar-refractivity contribution is 0.269. The van der Waals surface area contributed by atoms with Crippen LogP contribution in [0, 0.1) is 0 Å². The van der Waals surface area contributed by atoms with Gasteiger partial charge in [-0.25, -0.2) is 0 Å². The van der Waals surface area contributed by atoms with Crippen LogP contribution >= 0.6 is 23.2 Å². The van der Waals surface area contributed by atoms with E-state index in [0.29, 0.717) is 47.3 Å². The fraction of sp³-hybridized carbons (Fsp3) is 0.308. The number of nitrogens with one attached hydrogen (secondary N) is 1. The van der Waals surface area contributed by atoms with Gasteiger partial charge in [-0.15, -0.1) is 0 Å². The van der Waals surface area contributed by atoms with E-state index in [2.05, 4.69) is 36.5 Å². The molecule has 1 N–H and O–H groups in total. The van der Waals surface area contributed by atoms with Crippen LogP contribution in [0.1, 0.15) is 37.0 Å². The molecule has 3 rings (SSSR count). The minimum atomic E-state index is 0.370. The minimum absolute atomic E-state index is 0.370. The summed E-state index contributed by atoms with van der Waals surface area (Å²) in [6, 6.07) is 22.5. The molecule has 0 aliphatic heterocycles. The molecule has 3 nitrogen and oxygen atoms in total. The molecule has 0 aliphatic rings. The van der Waals surface area contributed by atoms with E-state index in [9.17, 15) is 0 Å². The van der Waals surface area contributed by atoms with Gasteiger partial charge in [0.15, 0.2) is 11.5 Å². The second-order valence-electron chi connectivity index (χ2n) is 7.56. The molecule has 0 radical (unpaired) electrons. The molecule has 3 aromatic rings. The quantitative estimate of drug-likeness (QED) is 0.333. The van der Waals surface area contributed by atoms with Crippen molar-refractivity contribution >= 4 is 23.2 Å². The molecule has 0 aliphatic carbocycles. The summed E-state index contributed by atoms with van der Waals surface area (Å²) in [5.74, 6) is 1.22. The third kappa shape index (κ3) is 7.46. The summed E-state index contributed by atoms with van der Waals surface area (Å²) < 4.78 is 11.8. The van der Waals surface area contributed by atoms with Gasteiger partial charge in [-0.2, -0.15) is 0 Å². The van der Waals surface area contributed by atoms with Crippen LogP contribution < -0.4 is 14.8 Å². The highest BCUT2D eigenvalue weighted by Gasteiger charge is 2.14. The second kappa shape index (κ2) is 12.0. The zero-order valence-corrected chi connectivity index (χ0v) is 19.5. The molecule has 164 valence electrons. The van der Waals surface area contributed by atoms with Crippen LogP contribution in [-0.4, -0.2) is 12.6 Å². The van der Waals surface area contributed by atoms with Crippen LogP contribution in [0.2, 0.25) is 10.0 Å². The maximum absolute atomic E-state index is 6.57. The molecule has 31 heavy (non-hydrogen) atoms. The Hall–Kier alpha value is -2.20. The number of benzene rings is 3. The molecule has 0 amide bonds. The molecule has 0 bridgehead atoms. The predicted molar refractivity (Wildman–Crippen MR) is 129 cm³/mol. The number of rotatable bonds is 11. The van der Waals surface area contributed by atoms with Gasteiger partial charge in [0.1, 0.15) is 6.61 Å². The third-order valence-corrected chi connectivity index (χ3v) is 5.52. The first-order valence-electron chi connectivity index (χ1n) is 10.6. The zero-order chi connectivity index (χ0) is 22.1. The molecule has 0 aromatic heterocycles. The monoisotopic (exact) mass is 457 g/mol. The Balaban J connectivity index is 1.60. The lowest BCUT2D eigenvalue weighted by Gasteiger charge is -2.17. The molecule has 3 aromatic carbocycles. The smallest absolute Gasteiger partial charge is 0.180 e. The van der Waals surface area contributed by atoms with Crippen molar-refractivity contribution in [2.24, 2.45) is 0 Å². The van der Waals surface area contributed by atoms with Crippen molar-refractivity contribution in [3.05, 3.63) is 93.5 Å². The molecule has 0 saturated heterocycles. The van der Waals surface area contributed by atoms with Gasteiger partial charge < -0.3 is 14.8 Å². The van der Waals surface area contributed by atoms with Gasteiger partial charge in [0.2, 0.25) is 0 Å². The Kier molecular flexibility index (Phi) is 9.08. The van der Waals surface area contributed by atoms with E-state index >= 15 is 0 Å². The fourth-order valence-electron chi connectivity index (χ4n) is 3.33. The number of hydrogen-bond donors (Lipinski definition) is 1. The van der Waals surface area contributed by atoms with Crippen LogP contribution in [0.4, 0.5) is 0 Å². The standard InChI is InChI=1S/C26H29Cl2NO2/c1-3-30-25-16-22(17-29-19(2)12-13-20-8-5-4-6-9-20)15-24(28)26(25)31-18-21-10-7-11-23(27)14-21/h4-11,14-16,19,29H,3,12-13,17-18H2,1-2H3/t19-/m1/s1. The van der Waals surface area contributed by atoms with E-state index in [0.717, 1.165) is 24.0 Å². The summed E-state index contributed by atoms with van der Waals surface area (Å²) in [5, 5.41) is 4.80. The molecule has 5 heteroatoms. The van der Waals surface area contributed by atoms with Crippen LogP contribution in [-0.2, 0) is 19.6 Å². The second-order valence-corrected chi connectivity index (χ2v) is 8.41. The van der Waals surface area contributed by atoms with Crippen molar-refractivity contribution < 1.29 is 9.47 Å². The fourth-order valence-corrected chi connectivity index (χ4v) is 3.83. The first-order chi connectivity index (χ1) is 15.0. The van der Waals surface area contributed by atoms with Crippen molar-refractivity contribution in [1.29, 1.82) is 0 Å². The highest BCUT2D eigenvalue weighted by Crippen LogP contribution is 2.37. The summed E-state index contributed by atoms with van der Waals surface area (Å²) in [7, 11) is 0. The van der Waals surface area contributed by atoms with Crippen molar-refractivity contribution in [2.45, 2.75) is 45.9 Å². The van der Waals surface area contributed by atoms with E-state index < -0.39 is 0 Å². The Labute approximate surface area is 195 Å². The van der Waals surface area contributed by atoms with E-state index in [-0.39, 0.29) is 0 Å². The van der Waals surface area contributed by atoms with Crippen molar-refractivity contribution in [3.63, 3.8) is 0 Å². The first kappa shape index (κ1) is 23.5. The van der Waals surface area contributed by atoms with Crippen LogP contribution in [0.5, 0.6) is 11.5 Å². The van der Waals surface area contributed by atoms with Crippen LogP contribution in [0.15, 0.2) is 66.7 Å². The van der Waals surface area contributed by atoms with E-state index in [1.54, 1.807) is 0 Å². The summed E-state index contributed by atoms with van der Waals surface area (Å²) >= 11 is 12.6. The summed E-state index contributed by atoms with van der Waals surface area (Å²) in [6.45, 7) is 5.77. The van der Waals surface area contributed by atoms with Gasteiger partial charge in [-0.1, -0.05) is 65.7 Å².